The number of aryl methyl sites for hydroxylation is 1. The van der Waals surface area contributed by atoms with E-state index in [0.717, 1.165) is 0 Å². The molecule has 1 aliphatic rings. The van der Waals surface area contributed by atoms with E-state index in [1.807, 2.05) is 0 Å². The fourth-order valence-electron chi connectivity index (χ4n) is 2.55. The van der Waals surface area contributed by atoms with Crippen molar-refractivity contribution in [3.8, 4) is 11.5 Å². The van der Waals surface area contributed by atoms with Crippen LogP contribution in [0.3, 0.4) is 0 Å². The summed E-state index contributed by atoms with van der Waals surface area (Å²) in [4.78, 5) is 10.9. The first-order valence-corrected chi connectivity index (χ1v) is 10.7. The van der Waals surface area contributed by atoms with E-state index < -0.39 is 9.84 Å². The number of benzene rings is 1. The Morgan fingerprint density at radius 2 is 2.04 bits per heavy atom. The number of hydrogen-bond acceptors (Lipinski definition) is 7. The molecule has 2 N–H and O–H groups in total. The highest BCUT2D eigenvalue weighted by Crippen LogP contribution is 2.40. The summed E-state index contributed by atoms with van der Waals surface area (Å²) in [6, 6.07) is 2.93. The zero-order chi connectivity index (χ0) is 18.5. The zero-order valence-corrected chi connectivity index (χ0v) is 17.0. The highest BCUT2D eigenvalue weighted by Gasteiger charge is 2.29. The summed E-state index contributed by atoms with van der Waals surface area (Å²) in [6.45, 7) is 0.568. The minimum atomic E-state index is -3.99. The molecule has 4 rings (SSSR count). The molecule has 0 saturated carbocycles. The third-order valence-corrected chi connectivity index (χ3v) is 6.69. The molecule has 26 heavy (non-hydrogen) atoms. The normalized spacial score (nSPS) is 13.5. The number of sulfone groups is 1. The summed E-state index contributed by atoms with van der Waals surface area (Å²) in [5, 5.41) is 8.28. The predicted molar refractivity (Wildman–Crippen MR) is 97.2 cm³/mol. The van der Waals surface area contributed by atoms with Crippen molar-refractivity contribution >= 4 is 52.9 Å². The lowest BCUT2D eigenvalue weighted by Crippen LogP contribution is -2.13. The van der Waals surface area contributed by atoms with Crippen LogP contribution in [0.1, 0.15) is 0 Å². The van der Waals surface area contributed by atoms with E-state index in [1.165, 1.54) is 12.4 Å². The Morgan fingerprint density at radius 1 is 1.31 bits per heavy atom. The average Bonchev–Trinajstić information content (AvgIpc) is 3.24. The number of aromatic amines is 1. The van der Waals surface area contributed by atoms with Crippen LogP contribution in [0, 0.1) is 5.41 Å². The number of imidazole rings is 1. The van der Waals surface area contributed by atoms with Gasteiger partial charge >= 0.3 is 0 Å². The van der Waals surface area contributed by atoms with Crippen LogP contribution >= 0.6 is 31.9 Å². The number of ether oxygens (including phenoxy) is 2. The van der Waals surface area contributed by atoms with Crippen molar-refractivity contribution in [2.75, 3.05) is 12.1 Å². The van der Waals surface area contributed by atoms with Gasteiger partial charge in [-0.05, 0) is 22.0 Å². The largest absolute Gasteiger partial charge is 0.454 e. The van der Waals surface area contributed by atoms with Gasteiger partial charge in [-0.3, -0.25) is 5.41 Å². The van der Waals surface area contributed by atoms with E-state index in [-0.39, 0.29) is 27.8 Å². The number of nitrogens with one attached hydrogen (secondary N) is 2. The van der Waals surface area contributed by atoms with Crippen molar-refractivity contribution in [2.24, 2.45) is 0 Å². The smallest absolute Gasteiger partial charge is 0.241 e. The van der Waals surface area contributed by atoms with Gasteiger partial charge in [0.25, 0.3) is 0 Å². The maximum atomic E-state index is 13.1. The van der Waals surface area contributed by atoms with Gasteiger partial charge < -0.3 is 19.0 Å². The molecule has 136 valence electrons. The Bertz CT molecular complexity index is 1190. The molecular formula is C14H11Br2N5O4S. The first-order chi connectivity index (χ1) is 12.4. The summed E-state index contributed by atoms with van der Waals surface area (Å²) in [7, 11) is -3.99. The predicted octanol–water partition coefficient (Wildman–Crippen LogP) is 1.96. The van der Waals surface area contributed by atoms with Crippen molar-refractivity contribution in [1.29, 1.82) is 5.41 Å². The van der Waals surface area contributed by atoms with Crippen LogP contribution in [0.5, 0.6) is 11.5 Å². The molecule has 3 heterocycles. The number of alkyl halides is 1. The Labute approximate surface area is 164 Å². The molecule has 0 bridgehead atoms. The fourth-order valence-corrected chi connectivity index (χ4v) is 5.13. The van der Waals surface area contributed by atoms with E-state index in [4.69, 9.17) is 14.9 Å². The topological polar surface area (TPSA) is 123 Å². The van der Waals surface area contributed by atoms with Gasteiger partial charge in [0.05, 0.1) is 11.2 Å². The maximum Gasteiger partial charge on any atom is 0.241 e. The van der Waals surface area contributed by atoms with E-state index >= 15 is 0 Å². The number of fused-ring (bicyclic) bond motifs is 2. The average molecular weight is 505 g/mol. The third-order valence-electron chi connectivity index (χ3n) is 3.79. The van der Waals surface area contributed by atoms with Crippen LogP contribution in [0.15, 0.2) is 33.0 Å². The maximum absolute atomic E-state index is 13.1. The van der Waals surface area contributed by atoms with Crippen LogP contribution in [-0.4, -0.2) is 40.1 Å². The van der Waals surface area contributed by atoms with Gasteiger partial charge in [-0.1, -0.05) is 15.9 Å². The quantitative estimate of drug-likeness (QED) is 0.523. The Hall–Kier alpha value is -1.92. The molecule has 0 saturated heterocycles. The van der Waals surface area contributed by atoms with Crippen molar-refractivity contribution < 1.29 is 17.9 Å². The molecular weight excluding hydrogens is 494 g/mol. The molecule has 0 fully saturated rings. The first-order valence-electron chi connectivity index (χ1n) is 7.32. The molecule has 12 heteroatoms. The van der Waals surface area contributed by atoms with Gasteiger partial charge in [0, 0.05) is 22.4 Å². The lowest BCUT2D eigenvalue weighted by Gasteiger charge is -2.06. The Balaban J connectivity index is 1.91. The van der Waals surface area contributed by atoms with Crippen molar-refractivity contribution in [3.63, 3.8) is 0 Å². The molecule has 0 amide bonds. The molecule has 9 nitrogen and oxygen atoms in total. The second-order valence-electron chi connectivity index (χ2n) is 5.36. The molecule has 0 radical (unpaired) electrons. The molecule has 0 aliphatic carbocycles. The van der Waals surface area contributed by atoms with Crippen LogP contribution in [0.2, 0.25) is 0 Å². The Morgan fingerprint density at radius 3 is 2.77 bits per heavy atom. The second-order valence-corrected chi connectivity index (χ2v) is 8.84. The van der Waals surface area contributed by atoms with E-state index in [1.54, 1.807) is 10.6 Å². The second kappa shape index (κ2) is 6.35. The number of nitrogens with zero attached hydrogens (tertiary/aromatic N) is 3. The van der Waals surface area contributed by atoms with Gasteiger partial charge in [0.15, 0.2) is 22.6 Å². The molecule has 0 spiro atoms. The standard InChI is InChI=1S/C14H11Br2N5O4S/c15-1-2-21-5-18-12(17)11-13(21)20-14(19-11)26(22,23)10-4-9-8(3-7(10)16)24-6-25-9/h3-5,17H,1-2,6H2,(H,19,20). The number of aromatic nitrogens is 4. The monoisotopic (exact) mass is 503 g/mol. The van der Waals surface area contributed by atoms with Gasteiger partial charge in [0.1, 0.15) is 5.52 Å². The summed E-state index contributed by atoms with van der Waals surface area (Å²) < 4.78 is 38.7. The van der Waals surface area contributed by atoms with Crippen LogP contribution < -0.4 is 15.0 Å². The zero-order valence-electron chi connectivity index (χ0n) is 13.0. The number of rotatable bonds is 4. The molecule has 2 aromatic heterocycles. The van der Waals surface area contributed by atoms with Gasteiger partial charge in [-0.15, -0.1) is 0 Å². The number of halogens is 2. The highest BCUT2D eigenvalue weighted by molar-refractivity contribution is 9.10. The third kappa shape index (κ3) is 2.72. The SMILES string of the molecule is N=c1ncn(CCBr)c2nc(S(=O)(=O)c3cc4c(cc3Br)OCO4)[nH]c12. The molecule has 1 aliphatic heterocycles. The molecule has 3 aromatic rings. The molecule has 0 unspecified atom stereocenters. The summed E-state index contributed by atoms with van der Waals surface area (Å²) in [5.74, 6) is 0.813. The first kappa shape index (κ1) is 17.5. The van der Waals surface area contributed by atoms with Gasteiger partial charge in [-0.2, -0.15) is 4.98 Å². The van der Waals surface area contributed by atoms with Crippen LogP contribution in [0.4, 0.5) is 0 Å². The number of hydrogen-bond donors (Lipinski definition) is 2. The molecule has 1 aromatic carbocycles. The van der Waals surface area contributed by atoms with E-state index in [9.17, 15) is 8.42 Å². The van der Waals surface area contributed by atoms with Gasteiger partial charge in [-0.25, -0.2) is 13.4 Å². The fraction of sp³-hybridized carbons (Fsp3) is 0.214. The minimum absolute atomic E-state index is 0.00709. The van der Waals surface area contributed by atoms with Crippen LogP contribution in [0.25, 0.3) is 11.2 Å². The molecule has 0 atom stereocenters. The van der Waals surface area contributed by atoms with Gasteiger partial charge in [0.2, 0.25) is 21.8 Å². The summed E-state index contributed by atoms with van der Waals surface area (Å²) in [5.41, 5.74) is 0.522. The van der Waals surface area contributed by atoms with Crippen LogP contribution in [-0.2, 0) is 16.4 Å². The summed E-state index contributed by atoms with van der Waals surface area (Å²) >= 11 is 6.59. The lowest BCUT2D eigenvalue weighted by molar-refractivity contribution is 0.174. The lowest BCUT2D eigenvalue weighted by atomic mass is 10.3. The van der Waals surface area contributed by atoms with Crippen molar-refractivity contribution in [1.82, 2.24) is 19.5 Å². The Kier molecular flexibility index (Phi) is 4.28. The van der Waals surface area contributed by atoms with E-state index in [2.05, 4.69) is 46.8 Å². The number of H-pyrrole nitrogens is 1. The van der Waals surface area contributed by atoms with Crippen molar-refractivity contribution in [3.05, 3.63) is 28.4 Å². The summed E-state index contributed by atoms with van der Waals surface area (Å²) in [6.07, 6.45) is 1.46. The minimum Gasteiger partial charge on any atom is -0.454 e. The van der Waals surface area contributed by atoms with Crippen molar-refractivity contribution in [2.45, 2.75) is 16.6 Å². The van der Waals surface area contributed by atoms with E-state index in [0.29, 0.717) is 33.5 Å². The highest BCUT2D eigenvalue weighted by atomic mass is 79.9.